The van der Waals surface area contributed by atoms with Gasteiger partial charge in [0.15, 0.2) is 0 Å². The quantitative estimate of drug-likeness (QED) is 0.774. The number of aliphatic carboxylic acids is 1. The molecule has 1 saturated heterocycles. The third-order valence-electron chi connectivity index (χ3n) is 5.26. The molecule has 1 aliphatic carbocycles. The molecule has 0 spiro atoms. The molecule has 1 aromatic rings. The van der Waals surface area contributed by atoms with Crippen LogP contribution < -0.4 is 5.32 Å². The predicted octanol–water partition coefficient (Wildman–Crippen LogP) is 2.71. The fraction of sp³-hybridized carbons (Fsp3) is 0.632. The summed E-state index contributed by atoms with van der Waals surface area (Å²) in [5.41, 5.74) is 1.47. The van der Waals surface area contributed by atoms with E-state index in [9.17, 15) is 4.79 Å². The molecule has 1 heterocycles. The largest absolute Gasteiger partial charge is 0.481 e. The Morgan fingerprint density at radius 1 is 1.22 bits per heavy atom. The highest BCUT2D eigenvalue weighted by molar-refractivity contribution is 5.66. The van der Waals surface area contributed by atoms with Crippen molar-refractivity contribution in [1.82, 2.24) is 10.2 Å². The average molecular weight is 316 g/mol. The number of carboxylic acids is 1. The monoisotopic (exact) mass is 316 g/mol. The van der Waals surface area contributed by atoms with Crippen LogP contribution in [0.4, 0.5) is 0 Å². The molecule has 0 amide bonds. The molecule has 126 valence electrons. The third kappa shape index (κ3) is 5.05. The van der Waals surface area contributed by atoms with Gasteiger partial charge in [0.2, 0.25) is 0 Å². The highest BCUT2D eigenvalue weighted by atomic mass is 16.4. The molecule has 1 aromatic carbocycles. The third-order valence-corrected chi connectivity index (χ3v) is 5.26. The van der Waals surface area contributed by atoms with Gasteiger partial charge in [-0.15, -0.1) is 0 Å². The molecule has 0 radical (unpaired) electrons. The van der Waals surface area contributed by atoms with Gasteiger partial charge in [0.25, 0.3) is 0 Å². The number of carboxylic acid groups (broad SMARTS) is 1. The maximum atomic E-state index is 10.6. The molecule has 2 atom stereocenters. The van der Waals surface area contributed by atoms with E-state index in [0.29, 0.717) is 18.4 Å². The normalized spacial score (nSPS) is 25.4. The zero-order valence-electron chi connectivity index (χ0n) is 13.8. The minimum Gasteiger partial charge on any atom is -0.481 e. The van der Waals surface area contributed by atoms with E-state index in [1.54, 1.807) is 0 Å². The lowest BCUT2D eigenvalue weighted by atomic mass is 9.96. The van der Waals surface area contributed by atoms with Crippen LogP contribution in [0.25, 0.3) is 0 Å². The van der Waals surface area contributed by atoms with Gasteiger partial charge in [-0.05, 0) is 63.3 Å². The molecular weight excluding hydrogens is 288 g/mol. The molecule has 2 unspecified atom stereocenters. The van der Waals surface area contributed by atoms with Crippen molar-refractivity contribution >= 4 is 5.97 Å². The van der Waals surface area contributed by atoms with Crippen LogP contribution in [0.1, 0.15) is 43.6 Å². The Hall–Kier alpha value is -1.39. The van der Waals surface area contributed by atoms with Crippen LogP contribution in [0.15, 0.2) is 30.3 Å². The van der Waals surface area contributed by atoms with Crippen molar-refractivity contribution in [3.8, 4) is 0 Å². The first kappa shape index (κ1) is 16.5. The maximum absolute atomic E-state index is 10.6. The van der Waals surface area contributed by atoms with Crippen LogP contribution in [0.3, 0.4) is 0 Å². The Kier molecular flexibility index (Phi) is 5.68. The van der Waals surface area contributed by atoms with Gasteiger partial charge in [-0.1, -0.05) is 30.3 Å². The SMILES string of the molecule is O=C(O)CCCN1CCC(CNC2CC2c2ccccc2)CC1. The number of piperidine rings is 1. The second-order valence-corrected chi connectivity index (χ2v) is 7.05. The first-order valence-electron chi connectivity index (χ1n) is 8.95. The summed E-state index contributed by atoms with van der Waals surface area (Å²) in [6.07, 6.45) is 4.83. The Morgan fingerprint density at radius 2 is 1.96 bits per heavy atom. The average Bonchev–Trinajstić information content (AvgIpc) is 3.34. The highest BCUT2D eigenvalue weighted by Gasteiger charge is 2.38. The van der Waals surface area contributed by atoms with E-state index >= 15 is 0 Å². The van der Waals surface area contributed by atoms with Crippen LogP contribution in [0.5, 0.6) is 0 Å². The first-order valence-corrected chi connectivity index (χ1v) is 8.95. The molecule has 1 saturated carbocycles. The van der Waals surface area contributed by atoms with Crippen molar-refractivity contribution in [2.45, 2.75) is 44.1 Å². The second kappa shape index (κ2) is 7.93. The predicted molar refractivity (Wildman–Crippen MR) is 91.6 cm³/mol. The van der Waals surface area contributed by atoms with E-state index in [2.05, 4.69) is 40.5 Å². The van der Waals surface area contributed by atoms with Gasteiger partial charge < -0.3 is 15.3 Å². The summed E-state index contributed by atoms with van der Waals surface area (Å²) in [6.45, 7) is 4.32. The standard InChI is InChI=1S/C19H28N2O2/c22-19(23)7-4-10-21-11-8-15(9-12-21)14-20-18-13-17(18)16-5-2-1-3-6-16/h1-3,5-6,15,17-18,20H,4,7-14H2,(H,22,23). The molecule has 1 aliphatic heterocycles. The molecule has 4 heteroatoms. The van der Waals surface area contributed by atoms with Gasteiger partial charge in [-0.3, -0.25) is 4.79 Å². The van der Waals surface area contributed by atoms with Crippen LogP contribution in [-0.2, 0) is 4.79 Å². The summed E-state index contributed by atoms with van der Waals surface area (Å²) >= 11 is 0. The number of nitrogens with zero attached hydrogens (tertiary/aromatic N) is 1. The summed E-state index contributed by atoms with van der Waals surface area (Å²) in [6, 6.07) is 11.5. The Balaban J connectivity index is 1.29. The molecule has 23 heavy (non-hydrogen) atoms. The number of benzene rings is 1. The molecule has 0 aromatic heterocycles. The second-order valence-electron chi connectivity index (χ2n) is 7.05. The zero-order valence-corrected chi connectivity index (χ0v) is 13.8. The molecule has 2 fully saturated rings. The van der Waals surface area contributed by atoms with E-state index in [1.165, 1.54) is 24.8 Å². The van der Waals surface area contributed by atoms with Crippen LogP contribution >= 0.6 is 0 Å². The topological polar surface area (TPSA) is 52.6 Å². The van der Waals surface area contributed by atoms with Crippen molar-refractivity contribution in [2.75, 3.05) is 26.2 Å². The maximum Gasteiger partial charge on any atom is 0.303 e. The summed E-state index contributed by atoms with van der Waals surface area (Å²) in [7, 11) is 0. The lowest BCUT2D eigenvalue weighted by molar-refractivity contribution is -0.137. The van der Waals surface area contributed by atoms with Gasteiger partial charge in [-0.2, -0.15) is 0 Å². The zero-order chi connectivity index (χ0) is 16.1. The fourth-order valence-electron chi connectivity index (χ4n) is 3.68. The Bertz CT molecular complexity index is 497. The fourth-order valence-corrected chi connectivity index (χ4v) is 3.68. The minimum atomic E-state index is -0.679. The number of hydrogen-bond donors (Lipinski definition) is 2. The number of likely N-dealkylation sites (tertiary alicyclic amines) is 1. The number of carbonyl (C=O) groups is 1. The summed E-state index contributed by atoms with van der Waals surface area (Å²) in [5.74, 6) is 0.816. The smallest absolute Gasteiger partial charge is 0.303 e. The van der Waals surface area contributed by atoms with Gasteiger partial charge in [0, 0.05) is 18.4 Å². The van der Waals surface area contributed by atoms with E-state index in [4.69, 9.17) is 5.11 Å². The van der Waals surface area contributed by atoms with Crippen LogP contribution in [0, 0.1) is 5.92 Å². The minimum absolute atomic E-state index is 0.296. The van der Waals surface area contributed by atoms with Gasteiger partial charge in [0.1, 0.15) is 0 Å². The van der Waals surface area contributed by atoms with E-state index in [-0.39, 0.29) is 0 Å². The van der Waals surface area contributed by atoms with Crippen molar-refractivity contribution in [3.05, 3.63) is 35.9 Å². The van der Waals surface area contributed by atoms with Crippen LogP contribution in [0.2, 0.25) is 0 Å². The number of rotatable bonds is 8. The Labute approximate surface area is 138 Å². The van der Waals surface area contributed by atoms with Crippen LogP contribution in [-0.4, -0.2) is 48.2 Å². The number of nitrogens with one attached hydrogen (secondary N) is 1. The van der Waals surface area contributed by atoms with E-state index < -0.39 is 5.97 Å². The lowest BCUT2D eigenvalue weighted by Crippen LogP contribution is -2.38. The molecule has 2 aliphatic rings. The molecule has 0 bridgehead atoms. The summed E-state index contributed by atoms with van der Waals surface area (Å²) in [5, 5.41) is 12.4. The van der Waals surface area contributed by atoms with Crippen molar-refractivity contribution in [3.63, 3.8) is 0 Å². The van der Waals surface area contributed by atoms with E-state index in [0.717, 1.165) is 38.5 Å². The Morgan fingerprint density at radius 3 is 2.65 bits per heavy atom. The van der Waals surface area contributed by atoms with E-state index in [1.807, 2.05) is 0 Å². The molecular formula is C19H28N2O2. The molecule has 4 nitrogen and oxygen atoms in total. The highest BCUT2D eigenvalue weighted by Crippen LogP contribution is 2.40. The van der Waals surface area contributed by atoms with Gasteiger partial charge in [-0.25, -0.2) is 0 Å². The number of hydrogen-bond acceptors (Lipinski definition) is 3. The van der Waals surface area contributed by atoms with Gasteiger partial charge in [0.05, 0.1) is 0 Å². The van der Waals surface area contributed by atoms with Crippen molar-refractivity contribution in [1.29, 1.82) is 0 Å². The lowest BCUT2D eigenvalue weighted by Gasteiger charge is -2.32. The van der Waals surface area contributed by atoms with Gasteiger partial charge >= 0.3 is 5.97 Å². The van der Waals surface area contributed by atoms with Crippen molar-refractivity contribution in [2.24, 2.45) is 5.92 Å². The molecule has 2 N–H and O–H groups in total. The van der Waals surface area contributed by atoms with Crippen molar-refractivity contribution < 1.29 is 9.90 Å². The first-order chi connectivity index (χ1) is 11.2. The summed E-state index contributed by atoms with van der Waals surface area (Å²) < 4.78 is 0. The summed E-state index contributed by atoms with van der Waals surface area (Å²) in [4.78, 5) is 13.0. The molecule has 3 rings (SSSR count).